The normalized spacial score (nSPS) is 10.4. The number of aryl methyl sites for hydroxylation is 1. The zero-order valence-corrected chi connectivity index (χ0v) is 9.52. The molecule has 0 fully saturated rings. The standard InChI is InChI=1S/C9H11BrFNO2/c1-5-3-6(4-14-12)8(11)9(13-2)7(5)10/h3H,4,12H2,1-2H3. The Morgan fingerprint density at radius 1 is 1.57 bits per heavy atom. The third kappa shape index (κ3) is 2.05. The van der Waals surface area contributed by atoms with Gasteiger partial charge in [-0.15, -0.1) is 0 Å². The van der Waals surface area contributed by atoms with Crippen LogP contribution >= 0.6 is 15.9 Å². The minimum atomic E-state index is -0.449. The Labute approximate surface area is 90.1 Å². The number of halogens is 2. The van der Waals surface area contributed by atoms with E-state index in [1.54, 1.807) is 6.07 Å². The van der Waals surface area contributed by atoms with Gasteiger partial charge in [-0.1, -0.05) is 0 Å². The van der Waals surface area contributed by atoms with Crippen LogP contribution < -0.4 is 10.6 Å². The van der Waals surface area contributed by atoms with Crippen molar-refractivity contribution in [1.29, 1.82) is 0 Å². The number of nitrogens with two attached hydrogens (primary N) is 1. The summed E-state index contributed by atoms with van der Waals surface area (Å²) >= 11 is 3.24. The Morgan fingerprint density at radius 2 is 2.21 bits per heavy atom. The van der Waals surface area contributed by atoms with Crippen LogP contribution in [0.25, 0.3) is 0 Å². The van der Waals surface area contributed by atoms with Crippen molar-refractivity contribution in [3.05, 3.63) is 27.5 Å². The highest BCUT2D eigenvalue weighted by atomic mass is 79.9. The van der Waals surface area contributed by atoms with Gasteiger partial charge in [-0.3, -0.25) is 4.84 Å². The molecule has 0 aliphatic rings. The molecule has 1 rings (SSSR count). The highest BCUT2D eigenvalue weighted by molar-refractivity contribution is 9.10. The lowest BCUT2D eigenvalue weighted by Crippen LogP contribution is -2.04. The maximum absolute atomic E-state index is 13.6. The van der Waals surface area contributed by atoms with E-state index in [0.717, 1.165) is 5.56 Å². The number of methoxy groups -OCH3 is 1. The Morgan fingerprint density at radius 3 is 2.71 bits per heavy atom. The van der Waals surface area contributed by atoms with Crippen LogP contribution in [0.2, 0.25) is 0 Å². The second-order valence-corrected chi connectivity index (χ2v) is 3.62. The topological polar surface area (TPSA) is 44.5 Å². The van der Waals surface area contributed by atoms with Gasteiger partial charge in [-0.05, 0) is 34.5 Å². The van der Waals surface area contributed by atoms with Crippen molar-refractivity contribution in [3.8, 4) is 5.75 Å². The van der Waals surface area contributed by atoms with Gasteiger partial charge in [-0.2, -0.15) is 0 Å². The van der Waals surface area contributed by atoms with Gasteiger partial charge in [0, 0.05) is 5.56 Å². The summed E-state index contributed by atoms with van der Waals surface area (Å²) in [5.74, 6) is 4.62. The molecule has 0 saturated carbocycles. The summed E-state index contributed by atoms with van der Waals surface area (Å²) in [6, 6.07) is 1.66. The van der Waals surface area contributed by atoms with Gasteiger partial charge in [-0.25, -0.2) is 10.3 Å². The quantitative estimate of drug-likeness (QED) is 0.852. The molecule has 1 aromatic rings. The molecule has 0 bridgehead atoms. The molecule has 2 N–H and O–H groups in total. The van der Waals surface area contributed by atoms with Gasteiger partial charge in [0.05, 0.1) is 18.2 Å². The number of hydrogen-bond acceptors (Lipinski definition) is 3. The lowest BCUT2D eigenvalue weighted by molar-refractivity contribution is 0.121. The van der Waals surface area contributed by atoms with Crippen molar-refractivity contribution in [1.82, 2.24) is 0 Å². The Bertz CT molecular complexity index is 344. The number of hydrogen-bond donors (Lipinski definition) is 1. The van der Waals surface area contributed by atoms with Crippen LogP contribution in [-0.4, -0.2) is 7.11 Å². The molecule has 0 unspecified atom stereocenters. The third-order valence-electron chi connectivity index (χ3n) is 1.86. The molecule has 78 valence electrons. The zero-order chi connectivity index (χ0) is 10.7. The van der Waals surface area contributed by atoms with Gasteiger partial charge in [0.15, 0.2) is 11.6 Å². The minimum absolute atomic E-state index is 0.0241. The van der Waals surface area contributed by atoms with E-state index in [2.05, 4.69) is 20.8 Å². The monoisotopic (exact) mass is 263 g/mol. The van der Waals surface area contributed by atoms with Crippen LogP contribution in [0.15, 0.2) is 10.5 Å². The van der Waals surface area contributed by atoms with E-state index in [-0.39, 0.29) is 12.4 Å². The Balaban J connectivity index is 3.27. The van der Waals surface area contributed by atoms with Crippen LogP contribution in [0.3, 0.4) is 0 Å². The average molecular weight is 264 g/mol. The third-order valence-corrected chi connectivity index (χ3v) is 2.85. The summed E-state index contributed by atoms with van der Waals surface area (Å²) in [5.41, 5.74) is 1.25. The molecule has 1 aromatic carbocycles. The SMILES string of the molecule is COc1c(F)c(CON)cc(C)c1Br. The molecule has 0 radical (unpaired) electrons. The van der Waals surface area contributed by atoms with Gasteiger partial charge in [0.2, 0.25) is 0 Å². The molecule has 0 amide bonds. The average Bonchev–Trinajstić information content (AvgIpc) is 2.16. The van der Waals surface area contributed by atoms with Crippen LogP contribution in [0.5, 0.6) is 5.75 Å². The number of rotatable bonds is 3. The summed E-state index contributed by atoms with van der Waals surface area (Å²) in [7, 11) is 1.41. The van der Waals surface area contributed by atoms with Crippen LogP contribution in [0.1, 0.15) is 11.1 Å². The van der Waals surface area contributed by atoms with Crippen LogP contribution in [0.4, 0.5) is 4.39 Å². The smallest absolute Gasteiger partial charge is 0.171 e. The molecular formula is C9H11BrFNO2. The van der Waals surface area contributed by atoms with Gasteiger partial charge in [0.25, 0.3) is 0 Å². The van der Waals surface area contributed by atoms with E-state index in [4.69, 9.17) is 10.6 Å². The van der Waals surface area contributed by atoms with Crippen molar-refractivity contribution in [3.63, 3.8) is 0 Å². The Kier molecular flexibility index (Phi) is 3.86. The molecule has 0 saturated heterocycles. The molecular weight excluding hydrogens is 253 g/mol. The predicted molar refractivity (Wildman–Crippen MR) is 54.4 cm³/mol. The first-order chi connectivity index (χ1) is 6.61. The summed E-state index contributed by atoms with van der Waals surface area (Å²) in [5, 5.41) is 0. The highest BCUT2D eigenvalue weighted by Gasteiger charge is 2.15. The molecule has 0 spiro atoms. The van der Waals surface area contributed by atoms with Crippen molar-refractivity contribution in [2.75, 3.05) is 7.11 Å². The van der Waals surface area contributed by atoms with Crippen LogP contribution in [0, 0.1) is 12.7 Å². The molecule has 14 heavy (non-hydrogen) atoms. The van der Waals surface area contributed by atoms with Gasteiger partial charge >= 0.3 is 0 Å². The highest BCUT2D eigenvalue weighted by Crippen LogP contribution is 2.33. The second kappa shape index (κ2) is 4.72. The number of benzene rings is 1. The van der Waals surface area contributed by atoms with E-state index < -0.39 is 5.82 Å². The first-order valence-corrected chi connectivity index (χ1v) is 4.74. The maximum Gasteiger partial charge on any atom is 0.171 e. The fraction of sp³-hybridized carbons (Fsp3) is 0.333. The van der Waals surface area contributed by atoms with E-state index in [1.807, 2.05) is 6.92 Å². The van der Waals surface area contributed by atoms with E-state index in [0.29, 0.717) is 10.0 Å². The summed E-state index contributed by atoms with van der Waals surface area (Å²) in [6.45, 7) is 1.86. The van der Waals surface area contributed by atoms with Gasteiger partial charge in [0.1, 0.15) is 0 Å². The minimum Gasteiger partial charge on any atom is -0.492 e. The predicted octanol–water partition coefficient (Wildman–Crippen LogP) is 2.30. The number of ether oxygens (including phenoxy) is 1. The molecule has 0 aliphatic heterocycles. The Hall–Kier alpha value is -0.650. The van der Waals surface area contributed by atoms with Crippen LogP contribution in [-0.2, 0) is 11.4 Å². The van der Waals surface area contributed by atoms with E-state index in [1.165, 1.54) is 7.11 Å². The summed E-state index contributed by atoms with van der Waals surface area (Å²) in [6.07, 6.45) is 0. The largest absolute Gasteiger partial charge is 0.492 e. The molecule has 3 nitrogen and oxygen atoms in total. The van der Waals surface area contributed by atoms with Gasteiger partial charge < -0.3 is 4.74 Å². The van der Waals surface area contributed by atoms with Crippen molar-refractivity contribution in [2.45, 2.75) is 13.5 Å². The first kappa shape index (κ1) is 11.4. The lowest BCUT2D eigenvalue weighted by Gasteiger charge is -2.11. The van der Waals surface area contributed by atoms with Crippen molar-refractivity contribution in [2.24, 2.45) is 5.90 Å². The lowest BCUT2D eigenvalue weighted by atomic mass is 10.1. The molecule has 0 atom stereocenters. The van der Waals surface area contributed by atoms with Crippen molar-refractivity contribution < 1.29 is 14.0 Å². The fourth-order valence-corrected chi connectivity index (χ4v) is 1.63. The fourth-order valence-electron chi connectivity index (χ4n) is 1.18. The summed E-state index contributed by atoms with van der Waals surface area (Å²) in [4.78, 5) is 4.39. The first-order valence-electron chi connectivity index (χ1n) is 3.95. The second-order valence-electron chi connectivity index (χ2n) is 2.82. The summed E-state index contributed by atoms with van der Waals surface area (Å²) < 4.78 is 19.1. The molecule has 0 aliphatic carbocycles. The molecule has 0 aromatic heterocycles. The maximum atomic E-state index is 13.6. The molecule has 5 heteroatoms. The zero-order valence-electron chi connectivity index (χ0n) is 7.93. The molecule has 0 heterocycles. The van der Waals surface area contributed by atoms with E-state index in [9.17, 15) is 4.39 Å². The van der Waals surface area contributed by atoms with E-state index >= 15 is 0 Å². The van der Waals surface area contributed by atoms with Crippen molar-refractivity contribution >= 4 is 15.9 Å².